The zero-order valence-electron chi connectivity index (χ0n) is 11.0. The molecule has 104 valence electrons. The van der Waals surface area contributed by atoms with Gasteiger partial charge < -0.3 is 25.0 Å². The van der Waals surface area contributed by atoms with Crippen LogP contribution in [0.1, 0.15) is 0 Å². The summed E-state index contributed by atoms with van der Waals surface area (Å²) < 4.78 is 10.5. The minimum absolute atomic E-state index is 0.417. The standard InChI is InChI=1S/C11H17N5O2S/c1-12-11(19)15-10-13-8(7-9(14-10)17-2)16-3-5-18-6-4-16/h7H,3-6H2,1-2H3,(H2,12,13,14,15,19). The van der Waals surface area contributed by atoms with Crippen LogP contribution in [0.15, 0.2) is 6.07 Å². The van der Waals surface area contributed by atoms with Gasteiger partial charge in [-0.1, -0.05) is 0 Å². The Balaban J connectivity index is 2.21. The second kappa shape index (κ2) is 6.48. The van der Waals surface area contributed by atoms with E-state index in [1.54, 1.807) is 20.2 Å². The molecule has 1 aliphatic rings. The van der Waals surface area contributed by atoms with E-state index in [-0.39, 0.29) is 0 Å². The molecule has 0 spiro atoms. The Morgan fingerprint density at radius 1 is 1.42 bits per heavy atom. The first-order valence-corrected chi connectivity index (χ1v) is 6.38. The maximum absolute atomic E-state index is 5.33. The molecular formula is C11H17N5O2S. The molecule has 8 heteroatoms. The Kier molecular flexibility index (Phi) is 4.69. The molecule has 0 aliphatic carbocycles. The van der Waals surface area contributed by atoms with Crippen molar-refractivity contribution in [2.75, 3.05) is 50.7 Å². The van der Waals surface area contributed by atoms with Gasteiger partial charge in [0.15, 0.2) is 5.11 Å². The van der Waals surface area contributed by atoms with Crippen LogP contribution < -0.4 is 20.3 Å². The number of thiocarbonyl (C=S) groups is 1. The summed E-state index contributed by atoms with van der Waals surface area (Å²) in [5.41, 5.74) is 0. The van der Waals surface area contributed by atoms with Gasteiger partial charge in [-0.15, -0.1) is 0 Å². The Bertz CT molecular complexity index is 451. The minimum atomic E-state index is 0.417. The van der Waals surface area contributed by atoms with Crippen molar-refractivity contribution >= 4 is 29.1 Å². The number of aromatic nitrogens is 2. The van der Waals surface area contributed by atoms with Gasteiger partial charge in [-0.25, -0.2) is 0 Å². The molecule has 1 fully saturated rings. The third-order valence-electron chi connectivity index (χ3n) is 2.69. The third kappa shape index (κ3) is 3.65. The minimum Gasteiger partial charge on any atom is -0.481 e. The fourth-order valence-electron chi connectivity index (χ4n) is 1.69. The second-order valence-corrected chi connectivity index (χ2v) is 4.30. The molecule has 2 heterocycles. The lowest BCUT2D eigenvalue weighted by atomic mass is 10.4. The van der Waals surface area contributed by atoms with Gasteiger partial charge in [-0.3, -0.25) is 0 Å². The summed E-state index contributed by atoms with van der Waals surface area (Å²) in [4.78, 5) is 10.8. The van der Waals surface area contributed by atoms with E-state index < -0.39 is 0 Å². The highest BCUT2D eigenvalue weighted by Crippen LogP contribution is 2.20. The molecule has 1 aromatic heterocycles. The predicted molar refractivity (Wildman–Crippen MR) is 76.9 cm³/mol. The molecule has 0 unspecified atom stereocenters. The molecule has 1 aromatic rings. The van der Waals surface area contributed by atoms with Crippen molar-refractivity contribution in [3.8, 4) is 5.88 Å². The Hall–Kier alpha value is -1.67. The van der Waals surface area contributed by atoms with E-state index in [0.717, 1.165) is 18.9 Å². The fraction of sp³-hybridized carbons (Fsp3) is 0.545. The molecule has 0 radical (unpaired) electrons. The molecule has 0 amide bonds. The van der Waals surface area contributed by atoms with Crippen LogP contribution in [0, 0.1) is 0 Å². The van der Waals surface area contributed by atoms with Crippen molar-refractivity contribution in [2.45, 2.75) is 0 Å². The molecule has 1 aliphatic heterocycles. The van der Waals surface area contributed by atoms with E-state index >= 15 is 0 Å². The van der Waals surface area contributed by atoms with Gasteiger partial charge in [0.05, 0.1) is 20.3 Å². The number of morpholine rings is 1. The number of nitrogens with one attached hydrogen (secondary N) is 2. The Morgan fingerprint density at radius 2 is 2.16 bits per heavy atom. The van der Waals surface area contributed by atoms with E-state index in [9.17, 15) is 0 Å². The number of hydrogen-bond donors (Lipinski definition) is 2. The Labute approximate surface area is 117 Å². The first kappa shape index (κ1) is 13.8. The topological polar surface area (TPSA) is 71.5 Å². The molecule has 0 atom stereocenters. The lowest BCUT2D eigenvalue weighted by Gasteiger charge is -2.28. The number of rotatable bonds is 3. The van der Waals surface area contributed by atoms with E-state index in [1.165, 1.54) is 0 Å². The van der Waals surface area contributed by atoms with E-state index in [4.69, 9.17) is 21.7 Å². The van der Waals surface area contributed by atoms with Crippen LogP contribution in [0.2, 0.25) is 0 Å². The van der Waals surface area contributed by atoms with Crippen molar-refractivity contribution in [3.63, 3.8) is 0 Å². The quantitative estimate of drug-likeness (QED) is 0.764. The Morgan fingerprint density at radius 3 is 2.79 bits per heavy atom. The summed E-state index contributed by atoms with van der Waals surface area (Å²) in [7, 11) is 3.31. The number of hydrogen-bond acceptors (Lipinski definition) is 6. The lowest BCUT2D eigenvalue weighted by molar-refractivity contribution is 0.122. The highest BCUT2D eigenvalue weighted by Gasteiger charge is 2.15. The first-order chi connectivity index (χ1) is 9.22. The third-order valence-corrected chi connectivity index (χ3v) is 2.99. The SMILES string of the molecule is CNC(=S)Nc1nc(OC)cc(N2CCOCC2)n1. The molecule has 1 saturated heterocycles. The predicted octanol–water partition coefficient (Wildman–Crippen LogP) is 0.238. The monoisotopic (exact) mass is 283 g/mol. The second-order valence-electron chi connectivity index (χ2n) is 3.90. The van der Waals surface area contributed by atoms with Gasteiger partial charge in [-0.2, -0.15) is 9.97 Å². The molecule has 0 aromatic carbocycles. The normalized spacial score (nSPS) is 14.9. The van der Waals surface area contributed by atoms with Crippen LogP contribution in [0.5, 0.6) is 5.88 Å². The smallest absolute Gasteiger partial charge is 0.234 e. The van der Waals surface area contributed by atoms with Crippen LogP contribution in [-0.2, 0) is 4.74 Å². The lowest BCUT2D eigenvalue weighted by Crippen LogP contribution is -2.37. The van der Waals surface area contributed by atoms with Crippen molar-refractivity contribution in [3.05, 3.63) is 6.07 Å². The zero-order valence-corrected chi connectivity index (χ0v) is 11.8. The van der Waals surface area contributed by atoms with Crippen LogP contribution in [0.4, 0.5) is 11.8 Å². The molecule has 2 rings (SSSR count). The van der Waals surface area contributed by atoms with Gasteiger partial charge in [0.2, 0.25) is 11.8 Å². The number of methoxy groups -OCH3 is 1. The maximum atomic E-state index is 5.33. The molecule has 0 bridgehead atoms. The number of anilines is 2. The average molecular weight is 283 g/mol. The molecule has 7 nitrogen and oxygen atoms in total. The van der Waals surface area contributed by atoms with Gasteiger partial charge in [0.1, 0.15) is 5.82 Å². The van der Waals surface area contributed by atoms with Crippen LogP contribution in [0.25, 0.3) is 0 Å². The molecule has 0 saturated carbocycles. The van der Waals surface area contributed by atoms with Gasteiger partial charge >= 0.3 is 0 Å². The van der Waals surface area contributed by atoms with E-state index in [2.05, 4.69) is 25.5 Å². The highest BCUT2D eigenvalue weighted by molar-refractivity contribution is 7.80. The number of nitrogens with zero attached hydrogens (tertiary/aromatic N) is 3. The molecular weight excluding hydrogens is 266 g/mol. The van der Waals surface area contributed by atoms with Crippen molar-refractivity contribution in [2.24, 2.45) is 0 Å². The van der Waals surface area contributed by atoms with Crippen LogP contribution >= 0.6 is 12.2 Å². The van der Waals surface area contributed by atoms with Crippen molar-refractivity contribution < 1.29 is 9.47 Å². The maximum Gasteiger partial charge on any atom is 0.234 e. The van der Waals surface area contributed by atoms with Crippen molar-refractivity contribution in [1.29, 1.82) is 0 Å². The van der Waals surface area contributed by atoms with E-state index in [0.29, 0.717) is 30.2 Å². The molecule has 19 heavy (non-hydrogen) atoms. The van der Waals surface area contributed by atoms with Crippen LogP contribution in [-0.4, -0.2) is 55.5 Å². The van der Waals surface area contributed by atoms with Crippen molar-refractivity contribution in [1.82, 2.24) is 15.3 Å². The summed E-state index contributed by atoms with van der Waals surface area (Å²) in [5.74, 6) is 1.72. The number of ether oxygens (including phenoxy) is 2. The largest absolute Gasteiger partial charge is 0.481 e. The first-order valence-electron chi connectivity index (χ1n) is 5.97. The van der Waals surface area contributed by atoms with Gasteiger partial charge in [0.25, 0.3) is 0 Å². The highest BCUT2D eigenvalue weighted by atomic mass is 32.1. The van der Waals surface area contributed by atoms with E-state index in [1.807, 2.05) is 0 Å². The zero-order chi connectivity index (χ0) is 13.7. The summed E-state index contributed by atoms with van der Waals surface area (Å²) in [6, 6.07) is 1.80. The summed E-state index contributed by atoms with van der Waals surface area (Å²) in [5, 5.41) is 6.18. The van der Waals surface area contributed by atoms with Gasteiger partial charge in [-0.05, 0) is 12.2 Å². The summed E-state index contributed by atoms with van der Waals surface area (Å²) >= 11 is 5.04. The van der Waals surface area contributed by atoms with Crippen LogP contribution in [0.3, 0.4) is 0 Å². The average Bonchev–Trinajstić information content (AvgIpc) is 2.47. The fourth-order valence-corrected chi connectivity index (χ4v) is 1.78. The summed E-state index contributed by atoms with van der Waals surface area (Å²) in [6.45, 7) is 3.00. The molecule has 2 N–H and O–H groups in total. The summed E-state index contributed by atoms with van der Waals surface area (Å²) in [6.07, 6.45) is 0. The van der Waals surface area contributed by atoms with Gasteiger partial charge in [0, 0.05) is 26.2 Å².